The Morgan fingerprint density at radius 3 is 2.63 bits per heavy atom. The smallest absolute Gasteiger partial charge is 0.413 e. The summed E-state index contributed by atoms with van der Waals surface area (Å²) in [6.45, 7) is 5.66. The molecular formula is C26H28N4O4S. The first-order valence-corrected chi connectivity index (χ1v) is 12.2. The number of ether oxygens (including phenoxy) is 2. The molecule has 35 heavy (non-hydrogen) atoms. The van der Waals surface area contributed by atoms with Crippen LogP contribution < -0.4 is 15.4 Å². The van der Waals surface area contributed by atoms with Gasteiger partial charge in [-0.05, 0) is 57.5 Å². The molecule has 0 spiro atoms. The van der Waals surface area contributed by atoms with E-state index in [1.54, 1.807) is 33.0 Å². The molecule has 3 aromatic rings. The second-order valence-electron chi connectivity index (χ2n) is 9.15. The van der Waals surface area contributed by atoms with Crippen molar-refractivity contribution in [2.24, 2.45) is 0 Å². The van der Waals surface area contributed by atoms with E-state index in [1.165, 1.54) is 11.3 Å². The Balaban J connectivity index is 1.39. The van der Waals surface area contributed by atoms with Gasteiger partial charge >= 0.3 is 6.09 Å². The minimum atomic E-state index is -0.699. The van der Waals surface area contributed by atoms with Crippen molar-refractivity contribution in [1.82, 2.24) is 15.6 Å². The number of benzene rings is 1. The fourth-order valence-electron chi connectivity index (χ4n) is 3.86. The Hall–Kier alpha value is -3.72. The fraction of sp³-hybridized carbons (Fsp3) is 0.308. The normalized spacial score (nSPS) is 16.7. The third-order valence-corrected chi connectivity index (χ3v) is 6.45. The molecule has 8 nitrogen and oxygen atoms in total. The molecule has 0 fully saturated rings. The topological polar surface area (TPSA) is 113 Å². The molecule has 1 aromatic carbocycles. The lowest BCUT2D eigenvalue weighted by molar-refractivity contribution is 0.0556. The van der Waals surface area contributed by atoms with E-state index < -0.39 is 17.8 Å². The largest absolute Gasteiger partial charge is 0.482 e. The Morgan fingerprint density at radius 2 is 1.89 bits per heavy atom. The van der Waals surface area contributed by atoms with Crippen molar-refractivity contribution < 1.29 is 19.1 Å². The highest BCUT2D eigenvalue weighted by molar-refractivity contribution is 7.17. The van der Waals surface area contributed by atoms with Crippen LogP contribution in [-0.2, 0) is 4.74 Å². The minimum Gasteiger partial charge on any atom is -0.482 e. The predicted molar refractivity (Wildman–Crippen MR) is 135 cm³/mol. The van der Waals surface area contributed by atoms with Crippen LogP contribution in [0.5, 0.6) is 5.75 Å². The van der Waals surface area contributed by atoms with Crippen LogP contribution in [0.4, 0.5) is 4.79 Å². The van der Waals surface area contributed by atoms with E-state index in [0.717, 1.165) is 16.1 Å². The van der Waals surface area contributed by atoms with Gasteiger partial charge in [0.15, 0.2) is 6.10 Å². The van der Waals surface area contributed by atoms with E-state index in [2.05, 4.69) is 15.6 Å². The van der Waals surface area contributed by atoms with Gasteiger partial charge in [-0.15, -0.1) is 11.3 Å². The van der Waals surface area contributed by atoms with Crippen LogP contribution in [-0.4, -0.2) is 41.1 Å². The lowest BCUT2D eigenvalue weighted by atomic mass is 9.91. The number of carbonyl (C=O) groups excluding carboxylic acids is 2. The molecule has 3 N–H and O–H groups in total. The van der Waals surface area contributed by atoms with Crippen molar-refractivity contribution in [3.63, 3.8) is 0 Å². The first kappa shape index (κ1) is 24.4. The Bertz CT molecular complexity index is 1220. The highest BCUT2D eigenvalue weighted by atomic mass is 32.1. The summed E-state index contributed by atoms with van der Waals surface area (Å²) in [7, 11) is 0. The number of amidine groups is 1. The lowest BCUT2D eigenvalue weighted by Gasteiger charge is -2.23. The Morgan fingerprint density at radius 1 is 1.11 bits per heavy atom. The molecule has 1 aliphatic heterocycles. The summed E-state index contributed by atoms with van der Waals surface area (Å²) in [5.74, 6) is 0.220. The number of carbonyl (C=O) groups is 2. The zero-order valence-corrected chi connectivity index (χ0v) is 20.6. The molecule has 0 radical (unpaired) electrons. The molecule has 3 heterocycles. The molecule has 0 aliphatic carbocycles. The standard InChI is InChI=1S/C26H28N4O4S/c1-26(2,3)34-25(32)30-23(27)22-17(16-8-4-5-10-19(16)33-22)13-15-29-24(31)21-12-11-20(35-21)18-9-6-7-14-28-18/h4-12,14,17,22H,13,15H2,1-3H3,(H,29,31)(H2,27,30,32). The first-order chi connectivity index (χ1) is 16.7. The van der Waals surface area contributed by atoms with Gasteiger partial charge in [0.2, 0.25) is 0 Å². The van der Waals surface area contributed by atoms with E-state index in [9.17, 15) is 9.59 Å². The Labute approximate surface area is 208 Å². The first-order valence-electron chi connectivity index (χ1n) is 11.3. The molecule has 1 aliphatic rings. The number of aromatic nitrogens is 1. The number of nitrogens with one attached hydrogen (secondary N) is 3. The fourth-order valence-corrected chi connectivity index (χ4v) is 4.76. The number of pyridine rings is 1. The molecule has 182 valence electrons. The van der Waals surface area contributed by atoms with Crippen LogP contribution in [0.2, 0.25) is 0 Å². The summed E-state index contributed by atoms with van der Waals surface area (Å²) in [4.78, 5) is 30.8. The van der Waals surface area contributed by atoms with Gasteiger partial charge < -0.3 is 14.8 Å². The van der Waals surface area contributed by atoms with Gasteiger partial charge in [0, 0.05) is 24.2 Å². The van der Waals surface area contributed by atoms with E-state index in [4.69, 9.17) is 14.9 Å². The summed E-state index contributed by atoms with van der Waals surface area (Å²) in [6.07, 6.45) is 0.872. The van der Waals surface area contributed by atoms with Crippen molar-refractivity contribution >= 4 is 29.2 Å². The summed E-state index contributed by atoms with van der Waals surface area (Å²) < 4.78 is 11.3. The number of para-hydroxylation sites is 1. The Kier molecular flexibility index (Phi) is 7.16. The zero-order chi connectivity index (χ0) is 25.0. The van der Waals surface area contributed by atoms with Crippen molar-refractivity contribution in [3.05, 3.63) is 71.2 Å². The predicted octanol–water partition coefficient (Wildman–Crippen LogP) is 4.98. The van der Waals surface area contributed by atoms with Crippen LogP contribution in [0.25, 0.3) is 10.6 Å². The number of amides is 2. The number of hydrogen-bond acceptors (Lipinski definition) is 7. The maximum atomic E-state index is 12.7. The van der Waals surface area contributed by atoms with Crippen molar-refractivity contribution in [2.45, 2.75) is 44.8 Å². The van der Waals surface area contributed by atoms with E-state index >= 15 is 0 Å². The summed E-state index contributed by atoms with van der Waals surface area (Å²) >= 11 is 1.39. The van der Waals surface area contributed by atoms with Gasteiger partial charge in [-0.3, -0.25) is 20.5 Å². The van der Waals surface area contributed by atoms with Gasteiger partial charge in [0.25, 0.3) is 5.91 Å². The second-order valence-corrected chi connectivity index (χ2v) is 10.2. The highest BCUT2D eigenvalue weighted by Gasteiger charge is 2.38. The minimum absolute atomic E-state index is 0.0787. The SMILES string of the molecule is CC(C)(C)OC(=O)NC(=N)C1Oc2ccccc2C1CCNC(=O)c1ccc(-c2ccccn2)s1. The average Bonchev–Trinajstić information content (AvgIpc) is 3.44. The van der Waals surface area contributed by atoms with Crippen molar-refractivity contribution in [3.8, 4) is 16.3 Å². The van der Waals surface area contributed by atoms with Crippen LogP contribution in [0.15, 0.2) is 60.8 Å². The number of nitrogens with zero attached hydrogens (tertiary/aromatic N) is 1. The molecule has 2 unspecified atom stereocenters. The maximum Gasteiger partial charge on any atom is 0.413 e. The highest BCUT2D eigenvalue weighted by Crippen LogP contribution is 2.40. The number of thiophene rings is 1. The maximum absolute atomic E-state index is 12.7. The summed E-state index contributed by atoms with van der Waals surface area (Å²) in [5.41, 5.74) is 1.09. The van der Waals surface area contributed by atoms with Crippen LogP contribution >= 0.6 is 11.3 Å². The second kappa shape index (κ2) is 10.3. The zero-order valence-electron chi connectivity index (χ0n) is 19.8. The number of rotatable bonds is 6. The van der Waals surface area contributed by atoms with Gasteiger partial charge in [0.1, 0.15) is 17.2 Å². The molecule has 0 saturated carbocycles. The van der Waals surface area contributed by atoms with E-state index in [1.807, 2.05) is 48.5 Å². The number of fused-ring (bicyclic) bond motifs is 1. The van der Waals surface area contributed by atoms with Crippen molar-refractivity contribution in [1.29, 1.82) is 5.41 Å². The molecule has 4 rings (SSSR count). The quantitative estimate of drug-likeness (QED) is 0.332. The van der Waals surface area contributed by atoms with Gasteiger partial charge in [0.05, 0.1) is 15.4 Å². The summed E-state index contributed by atoms with van der Waals surface area (Å²) in [6, 6.07) is 16.9. The number of hydrogen-bond donors (Lipinski definition) is 3. The van der Waals surface area contributed by atoms with Crippen LogP contribution in [0, 0.1) is 5.41 Å². The molecule has 0 saturated heterocycles. The lowest BCUT2D eigenvalue weighted by Crippen LogP contribution is -2.44. The summed E-state index contributed by atoms with van der Waals surface area (Å²) in [5, 5.41) is 13.9. The third-order valence-electron chi connectivity index (χ3n) is 5.35. The molecular weight excluding hydrogens is 464 g/mol. The average molecular weight is 493 g/mol. The van der Waals surface area contributed by atoms with Gasteiger partial charge in [-0.1, -0.05) is 24.3 Å². The molecule has 2 atom stereocenters. The van der Waals surface area contributed by atoms with Crippen molar-refractivity contribution in [2.75, 3.05) is 6.54 Å². The molecule has 0 bridgehead atoms. The third kappa shape index (κ3) is 6.05. The number of alkyl carbamates (subject to hydrolysis) is 1. The molecule has 9 heteroatoms. The van der Waals surface area contributed by atoms with Gasteiger partial charge in [-0.25, -0.2) is 4.79 Å². The van der Waals surface area contributed by atoms with Crippen LogP contribution in [0.3, 0.4) is 0 Å². The monoisotopic (exact) mass is 492 g/mol. The molecule has 2 amide bonds. The van der Waals surface area contributed by atoms with Crippen LogP contribution in [0.1, 0.15) is 48.3 Å². The van der Waals surface area contributed by atoms with E-state index in [-0.39, 0.29) is 17.7 Å². The van der Waals surface area contributed by atoms with Gasteiger partial charge in [-0.2, -0.15) is 0 Å². The molecule has 2 aromatic heterocycles. The van der Waals surface area contributed by atoms with E-state index in [0.29, 0.717) is 23.6 Å².